The smallest absolute Gasteiger partial charge is 0.243 e. The lowest BCUT2D eigenvalue weighted by molar-refractivity contribution is -0.118. The Morgan fingerprint density at radius 3 is 2.64 bits per heavy atom. The maximum atomic E-state index is 13.7. The van der Waals surface area contributed by atoms with Crippen molar-refractivity contribution >= 4 is 22.4 Å². The summed E-state index contributed by atoms with van der Waals surface area (Å²) in [6.45, 7) is 3.83. The van der Waals surface area contributed by atoms with Crippen LogP contribution in [0.15, 0.2) is 23.6 Å². The molecule has 2 unspecified atom stereocenters. The molecule has 0 aliphatic heterocycles. The zero-order valence-corrected chi connectivity index (χ0v) is 13.1. The molecule has 0 saturated carbocycles. The van der Waals surface area contributed by atoms with Crippen molar-refractivity contribution in [2.45, 2.75) is 26.3 Å². The molecule has 0 radical (unpaired) electrons. The van der Waals surface area contributed by atoms with Crippen molar-refractivity contribution in [1.29, 1.82) is 0 Å². The largest absolute Gasteiger partial charge is 0.320 e. The molecule has 2 atom stereocenters. The number of aromatic nitrogens is 1. The summed E-state index contributed by atoms with van der Waals surface area (Å²) in [7, 11) is 0. The minimum absolute atomic E-state index is 0.0310. The van der Waals surface area contributed by atoms with E-state index in [0.29, 0.717) is 0 Å². The third-order valence-electron chi connectivity index (χ3n) is 3.51. The first-order valence-electron chi connectivity index (χ1n) is 6.90. The molecule has 0 spiro atoms. The molecule has 2 rings (SSSR count). The molecule has 0 aliphatic rings. The fourth-order valence-electron chi connectivity index (χ4n) is 1.89. The Kier molecular flexibility index (Phi) is 5.20. The molecule has 118 valence electrons. The highest BCUT2D eigenvalue weighted by Gasteiger charge is 2.21. The summed E-state index contributed by atoms with van der Waals surface area (Å²) >= 11 is 1.09. The van der Waals surface area contributed by atoms with Gasteiger partial charge in [0, 0.05) is 5.38 Å². The second kappa shape index (κ2) is 6.93. The average Bonchev–Trinajstić information content (AvgIpc) is 2.93. The molecular formula is C15H17F2N3OS. The van der Waals surface area contributed by atoms with Crippen molar-refractivity contribution in [1.82, 2.24) is 4.98 Å². The van der Waals surface area contributed by atoms with Gasteiger partial charge < -0.3 is 11.1 Å². The summed E-state index contributed by atoms with van der Waals surface area (Å²) in [5.74, 6) is -1.72. The van der Waals surface area contributed by atoms with Gasteiger partial charge in [-0.2, -0.15) is 0 Å². The van der Waals surface area contributed by atoms with Crippen LogP contribution in [0.3, 0.4) is 0 Å². The molecule has 22 heavy (non-hydrogen) atoms. The van der Waals surface area contributed by atoms with Gasteiger partial charge in [-0.3, -0.25) is 4.79 Å². The van der Waals surface area contributed by atoms with E-state index in [1.807, 2.05) is 13.8 Å². The fraction of sp³-hybridized carbons (Fsp3) is 0.333. The molecule has 0 saturated heterocycles. The molecule has 1 amide bonds. The van der Waals surface area contributed by atoms with E-state index in [-0.39, 0.29) is 28.2 Å². The SMILES string of the molecule is CCC(C)C(N)C(=O)Nc1nc(-c2c(F)cccc2F)cs1. The van der Waals surface area contributed by atoms with Crippen molar-refractivity contribution in [3.8, 4) is 11.3 Å². The number of hydrogen-bond acceptors (Lipinski definition) is 4. The summed E-state index contributed by atoms with van der Waals surface area (Å²) in [5.41, 5.74) is 5.77. The number of anilines is 1. The van der Waals surface area contributed by atoms with Crippen LogP contribution in [0.1, 0.15) is 20.3 Å². The molecule has 1 aromatic heterocycles. The zero-order chi connectivity index (χ0) is 16.3. The number of halogens is 2. The summed E-state index contributed by atoms with van der Waals surface area (Å²) < 4.78 is 27.4. The fourth-order valence-corrected chi connectivity index (χ4v) is 2.59. The lowest BCUT2D eigenvalue weighted by Gasteiger charge is -2.16. The molecular weight excluding hydrogens is 308 g/mol. The molecule has 2 aromatic rings. The Morgan fingerprint density at radius 1 is 1.41 bits per heavy atom. The van der Waals surface area contributed by atoms with Gasteiger partial charge in [0.25, 0.3) is 0 Å². The van der Waals surface area contributed by atoms with E-state index in [9.17, 15) is 13.6 Å². The van der Waals surface area contributed by atoms with Gasteiger partial charge in [0.2, 0.25) is 5.91 Å². The Balaban J connectivity index is 2.17. The Bertz CT molecular complexity index is 654. The number of hydrogen-bond donors (Lipinski definition) is 2. The van der Waals surface area contributed by atoms with Crippen LogP contribution in [0, 0.1) is 17.6 Å². The Morgan fingerprint density at radius 2 is 2.05 bits per heavy atom. The van der Waals surface area contributed by atoms with Crippen molar-refractivity contribution in [2.24, 2.45) is 11.7 Å². The van der Waals surface area contributed by atoms with Crippen molar-refractivity contribution in [2.75, 3.05) is 5.32 Å². The van der Waals surface area contributed by atoms with Crippen LogP contribution in [0.25, 0.3) is 11.3 Å². The van der Waals surface area contributed by atoms with Gasteiger partial charge in [0.05, 0.1) is 17.3 Å². The maximum absolute atomic E-state index is 13.7. The van der Waals surface area contributed by atoms with Crippen molar-refractivity contribution in [3.05, 3.63) is 35.2 Å². The van der Waals surface area contributed by atoms with Gasteiger partial charge in [-0.25, -0.2) is 13.8 Å². The predicted molar refractivity (Wildman–Crippen MR) is 83.5 cm³/mol. The topological polar surface area (TPSA) is 68.0 Å². The highest BCUT2D eigenvalue weighted by atomic mass is 32.1. The van der Waals surface area contributed by atoms with Crippen LogP contribution >= 0.6 is 11.3 Å². The third-order valence-corrected chi connectivity index (χ3v) is 4.27. The van der Waals surface area contributed by atoms with E-state index < -0.39 is 17.7 Å². The van der Waals surface area contributed by atoms with E-state index in [2.05, 4.69) is 10.3 Å². The monoisotopic (exact) mass is 325 g/mol. The number of rotatable bonds is 5. The molecule has 4 nitrogen and oxygen atoms in total. The van der Waals surface area contributed by atoms with Crippen molar-refractivity contribution in [3.63, 3.8) is 0 Å². The van der Waals surface area contributed by atoms with Crippen LogP contribution in [0.5, 0.6) is 0 Å². The normalized spacial score (nSPS) is 13.7. The summed E-state index contributed by atoms with van der Waals surface area (Å²) in [5, 5.41) is 4.34. The van der Waals surface area contributed by atoms with Crippen LogP contribution in [0.2, 0.25) is 0 Å². The minimum atomic E-state index is -0.695. The lowest BCUT2D eigenvalue weighted by Crippen LogP contribution is -2.40. The Hall–Kier alpha value is -1.86. The standard InChI is InChI=1S/C15H17F2N3OS/c1-3-8(2)13(18)14(21)20-15-19-11(7-22-15)12-9(16)5-4-6-10(12)17/h4-8,13H,3,18H2,1-2H3,(H,19,20,21). The number of nitrogens with two attached hydrogens (primary N) is 1. The van der Waals surface area contributed by atoms with E-state index >= 15 is 0 Å². The summed E-state index contributed by atoms with van der Waals surface area (Å²) in [6, 6.07) is 2.96. The molecule has 0 fully saturated rings. The molecule has 0 bridgehead atoms. The first-order chi connectivity index (χ1) is 10.4. The third kappa shape index (κ3) is 3.48. The first kappa shape index (κ1) is 16.5. The van der Waals surface area contributed by atoms with Gasteiger partial charge in [0.15, 0.2) is 5.13 Å². The number of carbonyl (C=O) groups excluding carboxylic acids is 1. The summed E-state index contributed by atoms with van der Waals surface area (Å²) in [4.78, 5) is 16.0. The van der Waals surface area contributed by atoms with Crippen LogP contribution in [-0.4, -0.2) is 16.9 Å². The molecule has 1 aromatic carbocycles. The van der Waals surface area contributed by atoms with Crippen molar-refractivity contribution < 1.29 is 13.6 Å². The maximum Gasteiger partial charge on any atom is 0.243 e. The van der Waals surface area contributed by atoms with Gasteiger partial charge in [-0.15, -0.1) is 11.3 Å². The van der Waals surface area contributed by atoms with E-state index in [1.54, 1.807) is 0 Å². The average molecular weight is 325 g/mol. The minimum Gasteiger partial charge on any atom is -0.320 e. The van der Waals surface area contributed by atoms with E-state index in [1.165, 1.54) is 11.4 Å². The molecule has 1 heterocycles. The molecule has 7 heteroatoms. The predicted octanol–water partition coefficient (Wildman–Crippen LogP) is 3.40. The summed E-state index contributed by atoms with van der Waals surface area (Å²) in [6.07, 6.45) is 0.776. The highest BCUT2D eigenvalue weighted by molar-refractivity contribution is 7.14. The lowest BCUT2D eigenvalue weighted by atomic mass is 10.00. The molecule has 3 N–H and O–H groups in total. The van der Waals surface area contributed by atoms with Gasteiger partial charge in [0.1, 0.15) is 11.6 Å². The highest BCUT2D eigenvalue weighted by Crippen LogP contribution is 2.29. The number of thiazole rings is 1. The van der Waals surface area contributed by atoms with Crippen LogP contribution in [0.4, 0.5) is 13.9 Å². The first-order valence-corrected chi connectivity index (χ1v) is 7.78. The number of amides is 1. The van der Waals surface area contributed by atoms with Crippen LogP contribution < -0.4 is 11.1 Å². The second-order valence-corrected chi connectivity index (χ2v) is 5.89. The van der Waals surface area contributed by atoms with E-state index in [4.69, 9.17) is 5.73 Å². The quantitative estimate of drug-likeness (QED) is 0.885. The number of benzene rings is 1. The van der Waals surface area contributed by atoms with Crippen LogP contribution in [-0.2, 0) is 4.79 Å². The zero-order valence-electron chi connectivity index (χ0n) is 12.3. The number of nitrogens with one attached hydrogen (secondary N) is 1. The van der Waals surface area contributed by atoms with E-state index in [0.717, 1.165) is 29.9 Å². The second-order valence-electron chi connectivity index (χ2n) is 5.04. The number of nitrogens with zero attached hydrogens (tertiary/aromatic N) is 1. The van der Waals surface area contributed by atoms with Gasteiger partial charge in [-0.05, 0) is 18.1 Å². The molecule has 0 aliphatic carbocycles. The van der Waals surface area contributed by atoms with Gasteiger partial charge >= 0.3 is 0 Å². The Labute approximate surface area is 131 Å². The number of carbonyl (C=O) groups is 1. The van der Waals surface area contributed by atoms with Gasteiger partial charge in [-0.1, -0.05) is 26.3 Å².